The van der Waals surface area contributed by atoms with Crippen molar-refractivity contribution >= 4 is 11.9 Å². The van der Waals surface area contributed by atoms with Gasteiger partial charge in [-0.25, -0.2) is 0 Å². The molecule has 0 aliphatic carbocycles. The van der Waals surface area contributed by atoms with E-state index in [0.717, 1.165) is 12.8 Å². The Labute approximate surface area is 129 Å². The van der Waals surface area contributed by atoms with Crippen LogP contribution in [0.3, 0.4) is 0 Å². The van der Waals surface area contributed by atoms with E-state index >= 15 is 0 Å². The van der Waals surface area contributed by atoms with Crippen molar-refractivity contribution in [3.63, 3.8) is 0 Å². The van der Waals surface area contributed by atoms with Gasteiger partial charge in [0.1, 0.15) is 0 Å². The van der Waals surface area contributed by atoms with Crippen molar-refractivity contribution < 1.29 is 14.7 Å². The Balaban J connectivity index is 3.30. The quantitative estimate of drug-likeness (QED) is 0.467. The average Bonchev–Trinajstić information content (AvgIpc) is 2.45. The van der Waals surface area contributed by atoms with Crippen molar-refractivity contribution in [2.75, 3.05) is 0 Å². The number of carboxylic acid groups (broad SMARTS) is 1. The Kier molecular flexibility index (Phi) is 14.1. The molecule has 0 unspecified atom stereocenters. The number of unbranched alkanes of at least 4 members (excludes halogenated alkanes) is 8. The number of carboxylic acids is 1. The zero-order valence-corrected chi connectivity index (χ0v) is 13.4. The van der Waals surface area contributed by atoms with Crippen molar-refractivity contribution in [2.45, 2.75) is 84.0 Å². The van der Waals surface area contributed by atoms with Crippen LogP contribution in [0.25, 0.3) is 0 Å². The van der Waals surface area contributed by atoms with Crippen LogP contribution in [0, 0.1) is 0 Å². The molecule has 0 rings (SSSR count). The van der Waals surface area contributed by atoms with E-state index in [1.165, 1.54) is 38.5 Å². The van der Waals surface area contributed by atoms with Crippen LogP contribution in [-0.2, 0) is 9.59 Å². The number of carbonyl (C=O) groups is 2. The normalized spacial score (nSPS) is 10.9. The first kappa shape index (κ1) is 19.7. The molecule has 0 radical (unpaired) electrons. The highest BCUT2D eigenvalue weighted by Crippen LogP contribution is 2.09. The van der Waals surface area contributed by atoms with E-state index in [-0.39, 0.29) is 12.3 Å². The smallest absolute Gasteiger partial charge is 0.303 e. The molecule has 0 aromatic carbocycles. The van der Waals surface area contributed by atoms with Crippen LogP contribution >= 0.6 is 0 Å². The van der Waals surface area contributed by atoms with Gasteiger partial charge in [0.25, 0.3) is 0 Å². The minimum Gasteiger partial charge on any atom is -0.481 e. The number of rotatable bonds is 14. The number of nitrogens with one attached hydrogen (secondary N) is 1. The minimum atomic E-state index is -0.776. The molecule has 0 saturated heterocycles. The van der Waals surface area contributed by atoms with Crippen molar-refractivity contribution in [3.8, 4) is 0 Å². The van der Waals surface area contributed by atoms with Gasteiger partial charge in [-0.1, -0.05) is 57.9 Å². The largest absolute Gasteiger partial charge is 0.481 e. The molecule has 0 heterocycles. The van der Waals surface area contributed by atoms with Gasteiger partial charge in [-0.15, -0.1) is 0 Å². The molecule has 0 atom stereocenters. The Bertz CT molecular complexity index is 300. The molecule has 21 heavy (non-hydrogen) atoms. The van der Waals surface area contributed by atoms with Crippen LogP contribution in [0.4, 0.5) is 0 Å². The van der Waals surface area contributed by atoms with Gasteiger partial charge in [-0.2, -0.15) is 0 Å². The molecule has 0 bridgehead atoms. The maximum Gasteiger partial charge on any atom is 0.303 e. The van der Waals surface area contributed by atoms with Gasteiger partial charge >= 0.3 is 5.97 Å². The standard InChI is InChI=1S/C17H31NO3/c1-2-3-4-5-6-7-8-10-13-16(19)18-15-12-9-11-14-17(20)21/h12,15H,2-11,13-14H2,1H3,(H,18,19)(H,20,21)/b15-12-. The molecular weight excluding hydrogens is 266 g/mol. The lowest BCUT2D eigenvalue weighted by Crippen LogP contribution is -2.16. The fourth-order valence-corrected chi connectivity index (χ4v) is 2.10. The van der Waals surface area contributed by atoms with E-state index in [1.807, 2.05) is 6.08 Å². The van der Waals surface area contributed by atoms with Crippen molar-refractivity contribution in [1.29, 1.82) is 0 Å². The Morgan fingerprint density at radius 3 is 2.14 bits per heavy atom. The number of hydrogen-bond acceptors (Lipinski definition) is 2. The molecule has 4 nitrogen and oxygen atoms in total. The summed E-state index contributed by atoms with van der Waals surface area (Å²) in [5.41, 5.74) is 0. The predicted molar refractivity (Wildman–Crippen MR) is 86.0 cm³/mol. The summed E-state index contributed by atoms with van der Waals surface area (Å²) in [5.74, 6) is -0.724. The highest BCUT2D eigenvalue weighted by Gasteiger charge is 1.98. The van der Waals surface area contributed by atoms with Gasteiger partial charge in [0, 0.05) is 12.8 Å². The van der Waals surface area contributed by atoms with Crippen LogP contribution < -0.4 is 5.32 Å². The second-order valence-electron chi connectivity index (χ2n) is 5.48. The summed E-state index contributed by atoms with van der Waals surface area (Å²) >= 11 is 0. The van der Waals surface area contributed by atoms with Gasteiger partial charge in [0.2, 0.25) is 5.91 Å². The van der Waals surface area contributed by atoms with E-state index in [0.29, 0.717) is 19.3 Å². The van der Waals surface area contributed by atoms with Gasteiger partial charge in [0.15, 0.2) is 0 Å². The van der Waals surface area contributed by atoms with Crippen LogP contribution in [0.1, 0.15) is 84.0 Å². The van der Waals surface area contributed by atoms with E-state index < -0.39 is 5.97 Å². The van der Waals surface area contributed by atoms with Gasteiger partial charge in [0.05, 0.1) is 0 Å². The Morgan fingerprint density at radius 2 is 1.52 bits per heavy atom. The van der Waals surface area contributed by atoms with E-state index in [1.54, 1.807) is 6.20 Å². The van der Waals surface area contributed by atoms with Crippen LogP contribution in [-0.4, -0.2) is 17.0 Å². The lowest BCUT2D eigenvalue weighted by molar-refractivity contribution is -0.137. The molecule has 0 aromatic rings. The molecule has 0 saturated carbocycles. The summed E-state index contributed by atoms with van der Waals surface area (Å²) in [7, 11) is 0. The molecule has 0 aromatic heterocycles. The molecule has 2 N–H and O–H groups in total. The fraction of sp³-hybridized carbons (Fsp3) is 0.765. The van der Waals surface area contributed by atoms with Crippen molar-refractivity contribution in [1.82, 2.24) is 5.32 Å². The molecule has 0 spiro atoms. The second kappa shape index (κ2) is 15.1. The third kappa shape index (κ3) is 16.6. The van der Waals surface area contributed by atoms with Gasteiger partial charge in [-0.3, -0.25) is 9.59 Å². The summed E-state index contributed by atoms with van der Waals surface area (Å²) in [5, 5.41) is 11.2. The van der Waals surface area contributed by atoms with Crippen molar-refractivity contribution in [2.24, 2.45) is 0 Å². The zero-order valence-electron chi connectivity index (χ0n) is 13.4. The summed E-state index contributed by atoms with van der Waals surface area (Å²) in [6.07, 6.45) is 15.4. The first-order valence-corrected chi connectivity index (χ1v) is 8.33. The van der Waals surface area contributed by atoms with Gasteiger partial charge < -0.3 is 10.4 Å². The fourth-order valence-electron chi connectivity index (χ4n) is 2.10. The average molecular weight is 297 g/mol. The lowest BCUT2D eigenvalue weighted by Gasteiger charge is -2.02. The predicted octanol–water partition coefficient (Wildman–Crippen LogP) is 4.40. The minimum absolute atomic E-state index is 0.0514. The molecule has 122 valence electrons. The SMILES string of the molecule is CCCCCCCCCCC(=O)N/C=C\CCCC(=O)O. The first-order chi connectivity index (χ1) is 10.2. The third-order valence-electron chi connectivity index (χ3n) is 3.38. The maximum atomic E-state index is 11.5. The first-order valence-electron chi connectivity index (χ1n) is 8.33. The van der Waals surface area contributed by atoms with Crippen LogP contribution in [0.5, 0.6) is 0 Å². The third-order valence-corrected chi connectivity index (χ3v) is 3.38. The van der Waals surface area contributed by atoms with E-state index in [2.05, 4.69) is 12.2 Å². The summed E-state index contributed by atoms with van der Waals surface area (Å²) in [4.78, 5) is 21.8. The number of amides is 1. The van der Waals surface area contributed by atoms with Crippen LogP contribution in [0.15, 0.2) is 12.3 Å². The second-order valence-corrected chi connectivity index (χ2v) is 5.48. The topological polar surface area (TPSA) is 66.4 Å². The number of aliphatic carboxylic acids is 1. The van der Waals surface area contributed by atoms with E-state index in [4.69, 9.17) is 5.11 Å². The maximum absolute atomic E-state index is 11.5. The zero-order chi connectivity index (χ0) is 15.8. The number of carbonyl (C=O) groups excluding carboxylic acids is 1. The summed E-state index contributed by atoms with van der Waals surface area (Å²) in [6.45, 7) is 2.22. The van der Waals surface area contributed by atoms with Crippen molar-refractivity contribution in [3.05, 3.63) is 12.3 Å². The molecular formula is C17H31NO3. The number of allylic oxidation sites excluding steroid dienone is 1. The highest BCUT2D eigenvalue weighted by molar-refractivity contribution is 5.76. The monoisotopic (exact) mass is 297 g/mol. The summed E-state index contributed by atoms with van der Waals surface area (Å²) in [6, 6.07) is 0. The van der Waals surface area contributed by atoms with Gasteiger partial charge in [-0.05, 0) is 25.5 Å². The van der Waals surface area contributed by atoms with E-state index in [9.17, 15) is 9.59 Å². The molecule has 0 aliphatic rings. The number of hydrogen-bond donors (Lipinski definition) is 2. The Morgan fingerprint density at radius 1 is 0.905 bits per heavy atom. The van der Waals surface area contributed by atoms with Crippen LogP contribution in [0.2, 0.25) is 0 Å². The molecule has 1 amide bonds. The molecule has 0 fully saturated rings. The highest BCUT2D eigenvalue weighted by atomic mass is 16.4. The Hall–Kier alpha value is -1.32. The molecule has 0 aliphatic heterocycles. The lowest BCUT2D eigenvalue weighted by atomic mass is 10.1. The summed E-state index contributed by atoms with van der Waals surface area (Å²) < 4.78 is 0. The molecule has 4 heteroatoms.